The molecule has 1 amide bonds. The predicted octanol–water partition coefficient (Wildman–Crippen LogP) is 1.56. The van der Waals surface area contributed by atoms with Gasteiger partial charge in [0, 0.05) is 4.88 Å². The maximum absolute atomic E-state index is 11.4. The molecule has 0 saturated carbocycles. The SMILES string of the molecule is CCNCC(=O)Nc1nc(CC)c(C)s1. The van der Waals surface area contributed by atoms with E-state index in [0.29, 0.717) is 11.7 Å². The van der Waals surface area contributed by atoms with Crippen LogP contribution in [0, 0.1) is 6.92 Å². The molecule has 5 heteroatoms. The van der Waals surface area contributed by atoms with E-state index >= 15 is 0 Å². The van der Waals surface area contributed by atoms with Gasteiger partial charge in [-0.1, -0.05) is 13.8 Å². The fraction of sp³-hybridized carbons (Fsp3) is 0.600. The molecule has 1 rings (SSSR count). The minimum Gasteiger partial charge on any atom is -0.309 e. The molecule has 0 atom stereocenters. The number of likely N-dealkylation sites (N-methyl/N-ethyl adjacent to an activating group) is 1. The van der Waals surface area contributed by atoms with Crippen molar-refractivity contribution in [2.75, 3.05) is 18.4 Å². The van der Waals surface area contributed by atoms with E-state index in [-0.39, 0.29) is 5.91 Å². The highest BCUT2D eigenvalue weighted by Gasteiger charge is 2.08. The van der Waals surface area contributed by atoms with Crippen LogP contribution in [0.3, 0.4) is 0 Å². The van der Waals surface area contributed by atoms with Crippen molar-refractivity contribution >= 4 is 22.4 Å². The Labute approximate surface area is 94.1 Å². The Morgan fingerprint density at radius 3 is 2.73 bits per heavy atom. The van der Waals surface area contributed by atoms with Gasteiger partial charge in [-0.15, -0.1) is 11.3 Å². The van der Waals surface area contributed by atoms with Gasteiger partial charge in [-0.2, -0.15) is 0 Å². The molecule has 0 aliphatic heterocycles. The molecule has 0 unspecified atom stereocenters. The average molecular weight is 227 g/mol. The standard InChI is InChI=1S/C10H17N3OS/c1-4-8-7(3)15-10(12-8)13-9(14)6-11-5-2/h11H,4-6H2,1-3H3,(H,12,13,14). The number of carbonyl (C=O) groups is 1. The third kappa shape index (κ3) is 3.60. The molecule has 2 N–H and O–H groups in total. The Kier molecular flexibility index (Phi) is 4.71. The van der Waals surface area contributed by atoms with Crippen LogP contribution in [0.2, 0.25) is 0 Å². The van der Waals surface area contributed by atoms with E-state index in [4.69, 9.17) is 0 Å². The smallest absolute Gasteiger partial charge is 0.240 e. The van der Waals surface area contributed by atoms with Gasteiger partial charge >= 0.3 is 0 Å². The van der Waals surface area contributed by atoms with Gasteiger partial charge in [0.15, 0.2) is 5.13 Å². The van der Waals surface area contributed by atoms with Crippen molar-refractivity contribution in [2.45, 2.75) is 27.2 Å². The van der Waals surface area contributed by atoms with Crippen LogP contribution < -0.4 is 10.6 Å². The first-order chi connectivity index (χ1) is 7.17. The molecule has 0 radical (unpaired) electrons. The van der Waals surface area contributed by atoms with Crippen molar-refractivity contribution in [1.82, 2.24) is 10.3 Å². The van der Waals surface area contributed by atoms with Crippen LogP contribution in [0.1, 0.15) is 24.4 Å². The molecule has 0 fully saturated rings. The van der Waals surface area contributed by atoms with Gasteiger partial charge in [-0.05, 0) is 19.9 Å². The van der Waals surface area contributed by atoms with Gasteiger partial charge in [0.05, 0.1) is 12.2 Å². The van der Waals surface area contributed by atoms with Crippen LogP contribution in [0.5, 0.6) is 0 Å². The Morgan fingerprint density at radius 2 is 2.20 bits per heavy atom. The fourth-order valence-electron chi connectivity index (χ4n) is 1.21. The number of nitrogens with one attached hydrogen (secondary N) is 2. The molecule has 0 bridgehead atoms. The molecule has 0 aliphatic rings. The number of anilines is 1. The summed E-state index contributed by atoms with van der Waals surface area (Å²) >= 11 is 1.53. The number of hydrogen-bond acceptors (Lipinski definition) is 4. The molecule has 0 spiro atoms. The number of hydrogen-bond donors (Lipinski definition) is 2. The lowest BCUT2D eigenvalue weighted by molar-refractivity contribution is -0.115. The number of rotatable bonds is 5. The van der Waals surface area contributed by atoms with Crippen LogP contribution in [0.15, 0.2) is 0 Å². The van der Waals surface area contributed by atoms with Gasteiger partial charge < -0.3 is 10.6 Å². The largest absolute Gasteiger partial charge is 0.309 e. The highest BCUT2D eigenvalue weighted by Crippen LogP contribution is 2.21. The van der Waals surface area contributed by atoms with Gasteiger partial charge in [-0.25, -0.2) is 4.98 Å². The first-order valence-electron chi connectivity index (χ1n) is 5.14. The summed E-state index contributed by atoms with van der Waals surface area (Å²) in [5.74, 6) is -0.0340. The third-order valence-electron chi connectivity index (χ3n) is 2.01. The molecular formula is C10H17N3OS. The van der Waals surface area contributed by atoms with Crippen molar-refractivity contribution < 1.29 is 4.79 Å². The first kappa shape index (κ1) is 12.1. The second-order valence-corrected chi connectivity index (χ2v) is 4.41. The summed E-state index contributed by atoms with van der Waals surface area (Å²) in [4.78, 5) is 16.9. The zero-order valence-corrected chi connectivity index (χ0v) is 10.2. The van der Waals surface area contributed by atoms with Crippen LogP contribution in [0.4, 0.5) is 5.13 Å². The summed E-state index contributed by atoms with van der Waals surface area (Å²) in [5, 5.41) is 6.45. The highest BCUT2D eigenvalue weighted by atomic mass is 32.1. The minimum atomic E-state index is -0.0340. The Balaban J connectivity index is 2.53. The molecule has 4 nitrogen and oxygen atoms in total. The lowest BCUT2D eigenvalue weighted by Crippen LogP contribution is -2.27. The van der Waals surface area contributed by atoms with E-state index in [9.17, 15) is 4.79 Å². The zero-order chi connectivity index (χ0) is 11.3. The number of aryl methyl sites for hydroxylation is 2. The van der Waals surface area contributed by atoms with Crippen molar-refractivity contribution in [3.05, 3.63) is 10.6 Å². The van der Waals surface area contributed by atoms with Crippen molar-refractivity contribution in [3.8, 4) is 0 Å². The van der Waals surface area contributed by atoms with E-state index in [0.717, 1.165) is 18.7 Å². The normalized spacial score (nSPS) is 10.3. The average Bonchev–Trinajstić information content (AvgIpc) is 2.55. The number of thiazole rings is 1. The molecule has 0 aromatic carbocycles. The third-order valence-corrected chi connectivity index (χ3v) is 2.94. The van der Waals surface area contributed by atoms with E-state index in [1.54, 1.807) is 0 Å². The lowest BCUT2D eigenvalue weighted by atomic mass is 10.3. The summed E-state index contributed by atoms with van der Waals surface area (Å²) in [5.41, 5.74) is 1.07. The zero-order valence-electron chi connectivity index (χ0n) is 9.39. The van der Waals surface area contributed by atoms with Gasteiger partial charge in [-0.3, -0.25) is 4.79 Å². The number of aromatic nitrogens is 1. The van der Waals surface area contributed by atoms with Crippen molar-refractivity contribution in [2.24, 2.45) is 0 Å². The van der Waals surface area contributed by atoms with Crippen LogP contribution in [-0.2, 0) is 11.2 Å². The van der Waals surface area contributed by atoms with E-state index < -0.39 is 0 Å². The number of amides is 1. The summed E-state index contributed by atoms with van der Waals surface area (Å²) in [6.45, 7) is 7.19. The first-order valence-corrected chi connectivity index (χ1v) is 5.95. The molecular weight excluding hydrogens is 210 g/mol. The molecule has 1 aromatic heterocycles. The summed E-state index contributed by atoms with van der Waals surface area (Å²) in [6.07, 6.45) is 0.908. The van der Waals surface area contributed by atoms with Crippen molar-refractivity contribution in [1.29, 1.82) is 0 Å². The Morgan fingerprint density at radius 1 is 1.47 bits per heavy atom. The van der Waals surface area contributed by atoms with Gasteiger partial charge in [0.25, 0.3) is 0 Å². The molecule has 1 aromatic rings. The second kappa shape index (κ2) is 5.82. The fourth-order valence-corrected chi connectivity index (χ4v) is 2.13. The topological polar surface area (TPSA) is 54.0 Å². The van der Waals surface area contributed by atoms with Gasteiger partial charge in [0.2, 0.25) is 5.91 Å². The second-order valence-electron chi connectivity index (χ2n) is 3.20. The molecule has 0 aliphatic carbocycles. The van der Waals surface area contributed by atoms with Crippen LogP contribution >= 0.6 is 11.3 Å². The van der Waals surface area contributed by atoms with E-state index in [1.165, 1.54) is 16.2 Å². The number of carbonyl (C=O) groups excluding carboxylic acids is 1. The van der Waals surface area contributed by atoms with Crippen LogP contribution in [-0.4, -0.2) is 24.0 Å². The summed E-state index contributed by atoms with van der Waals surface area (Å²) < 4.78 is 0. The van der Waals surface area contributed by atoms with Crippen molar-refractivity contribution in [3.63, 3.8) is 0 Å². The minimum absolute atomic E-state index is 0.0340. The molecule has 1 heterocycles. The Bertz CT molecular complexity index is 335. The molecule has 15 heavy (non-hydrogen) atoms. The monoisotopic (exact) mass is 227 g/mol. The lowest BCUT2D eigenvalue weighted by Gasteiger charge is -2.00. The number of nitrogens with zero attached hydrogens (tertiary/aromatic N) is 1. The maximum atomic E-state index is 11.4. The predicted molar refractivity (Wildman–Crippen MR) is 63.4 cm³/mol. The summed E-state index contributed by atoms with van der Waals surface area (Å²) in [6, 6.07) is 0. The van der Waals surface area contributed by atoms with Crippen LogP contribution in [0.25, 0.3) is 0 Å². The quantitative estimate of drug-likeness (QED) is 0.802. The Hall–Kier alpha value is -0.940. The highest BCUT2D eigenvalue weighted by molar-refractivity contribution is 7.15. The maximum Gasteiger partial charge on any atom is 0.240 e. The summed E-state index contributed by atoms with van der Waals surface area (Å²) in [7, 11) is 0. The molecule has 0 saturated heterocycles. The van der Waals surface area contributed by atoms with Gasteiger partial charge in [0.1, 0.15) is 0 Å². The molecule has 84 valence electrons. The van der Waals surface area contributed by atoms with E-state index in [1.807, 2.05) is 13.8 Å². The van der Waals surface area contributed by atoms with E-state index in [2.05, 4.69) is 22.5 Å².